The standard InChI is InChI=1S/C19H38O11/c1-9(7-21)14(6-13(25)10(2)12(24)5-11(23)3-4-20)29-19-18(28)17(27)16(26)15(8-22)30-19/h9-28H,3-8H2,1-2H3/t9-,10+,11+,12-,13-,14-,15-,16-,17+,18+,19-/m1/s1. The highest BCUT2D eigenvalue weighted by Crippen LogP contribution is 2.27. The van der Waals surface area contributed by atoms with Crippen LogP contribution in [0, 0.1) is 11.8 Å². The van der Waals surface area contributed by atoms with E-state index in [-0.39, 0.29) is 32.5 Å². The van der Waals surface area contributed by atoms with E-state index >= 15 is 0 Å². The molecule has 0 aromatic carbocycles. The maximum absolute atomic E-state index is 10.5. The van der Waals surface area contributed by atoms with Gasteiger partial charge in [-0.1, -0.05) is 13.8 Å². The molecule has 0 amide bonds. The molecule has 11 heteroatoms. The van der Waals surface area contributed by atoms with Crippen molar-refractivity contribution < 1.29 is 55.4 Å². The molecule has 0 aromatic rings. The summed E-state index contributed by atoms with van der Waals surface area (Å²) in [5, 5.41) is 88.1. The van der Waals surface area contributed by atoms with Gasteiger partial charge in [0.05, 0.1) is 31.0 Å². The highest BCUT2D eigenvalue weighted by molar-refractivity contribution is 4.90. The van der Waals surface area contributed by atoms with Crippen LogP contribution in [-0.4, -0.2) is 121 Å². The summed E-state index contributed by atoms with van der Waals surface area (Å²) >= 11 is 0. The van der Waals surface area contributed by atoms with Crippen LogP contribution in [0.5, 0.6) is 0 Å². The van der Waals surface area contributed by atoms with Crippen LogP contribution in [0.3, 0.4) is 0 Å². The van der Waals surface area contributed by atoms with Crippen molar-refractivity contribution in [2.75, 3.05) is 19.8 Å². The van der Waals surface area contributed by atoms with Crippen LogP contribution in [0.15, 0.2) is 0 Å². The monoisotopic (exact) mass is 442 g/mol. The molecule has 1 aliphatic rings. The highest BCUT2D eigenvalue weighted by Gasteiger charge is 2.45. The van der Waals surface area contributed by atoms with Crippen LogP contribution in [0.2, 0.25) is 0 Å². The number of ether oxygens (including phenoxy) is 2. The second-order valence-electron chi connectivity index (χ2n) is 8.16. The van der Waals surface area contributed by atoms with Crippen LogP contribution in [0.4, 0.5) is 0 Å². The van der Waals surface area contributed by atoms with Crippen LogP contribution in [-0.2, 0) is 9.47 Å². The van der Waals surface area contributed by atoms with E-state index < -0.39 is 73.6 Å². The average Bonchev–Trinajstić information content (AvgIpc) is 2.72. The van der Waals surface area contributed by atoms with E-state index in [1.54, 1.807) is 13.8 Å². The number of aliphatic hydroxyl groups is 9. The fourth-order valence-electron chi connectivity index (χ4n) is 3.36. The van der Waals surface area contributed by atoms with Gasteiger partial charge in [0.2, 0.25) is 0 Å². The van der Waals surface area contributed by atoms with Gasteiger partial charge in [-0.3, -0.25) is 0 Å². The van der Waals surface area contributed by atoms with Crippen LogP contribution < -0.4 is 0 Å². The minimum atomic E-state index is -1.62. The van der Waals surface area contributed by atoms with Gasteiger partial charge in [-0.15, -0.1) is 0 Å². The minimum absolute atomic E-state index is 0.0351. The van der Waals surface area contributed by atoms with Gasteiger partial charge in [-0.2, -0.15) is 0 Å². The first-order chi connectivity index (χ1) is 14.1. The fraction of sp³-hybridized carbons (Fsp3) is 1.00. The number of hydrogen-bond acceptors (Lipinski definition) is 11. The molecule has 9 N–H and O–H groups in total. The summed E-state index contributed by atoms with van der Waals surface area (Å²) in [5.41, 5.74) is 0. The highest BCUT2D eigenvalue weighted by atomic mass is 16.7. The lowest BCUT2D eigenvalue weighted by Gasteiger charge is -2.42. The summed E-state index contributed by atoms with van der Waals surface area (Å²) in [6.07, 6.45) is -11.3. The Labute approximate surface area is 176 Å². The zero-order valence-corrected chi connectivity index (χ0v) is 17.4. The average molecular weight is 443 g/mol. The molecule has 0 unspecified atom stereocenters. The van der Waals surface area contributed by atoms with Gasteiger partial charge in [0.25, 0.3) is 0 Å². The van der Waals surface area contributed by atoms with Crippen molar-refractivity contribution in [2.45, 2.75) is 88.2 Å². The van der Waals surface area contributed by atoms with Crippen molar-refractivity contribution in [3.63, 3.8) is 0 Å². The van der Waals surface area contributed by atoms with Crippen LogP contribution in [0.1, 0.15) is 33.1 Å². The molecule has 0 aromatic heterocycles. The second-order valence-corrected chi connectivity index (χ2v) is 8.16. The molecular weight excluding hydrogens is 404 g/mol. The Balaban J connectivity index is 2.79. The predicted molar refractivity (Wildman–Crippen MR) is 103 cm³/mol. The summed E-state index contributed by atoms with van der Waals surface area (Å²) in [7, 11) is 0. The van der Waals surface area contributed by atoms with Crippen molar-refractivity contribution >= 4 is 0 Å². The molecule has 1 fully saturated rings. The lowest BCUT2D eigenvalue weighted by Crippen LogP contribution is -2.60. The molecule has 180 valence electrons. The van der Waals surface area contributed by atoms with E-state index in [1.807, 2.05) is 0 Å². The minimum Gasteiger partial charge on any atom is -0.396 e. The molecule has 1 rings (SSSR count). The molecule has 30 heavy (non-hydrogen) atoms. The Bertz CT molecular complexity index is 466. The normalized spacial score (nSPS) is 33.5. The van der Waals surface area contributed by atoms with E-state index in [4.69, 9.17) is 14.6 Å². The third kappa shape index (κ3) is 7.61. The predicted octanol–water partition coefficient (Wildman–Crippen LogP) is -3.32. The van der Waals surface area contributed by atoms with E-state index in [9.17, 15) is 40.9 Å². The molecule has 1 heterocycles. The van der Waals surface area contributed by atoms with Crippen LogP contribution in [0.25, 0.3) is 0 Å². The van der Waals surface area contributed by atoms with Crippen molar-refractivity contribution in [3.8, 4) is 0 Å². The van der Waals surface area contributed by atoms with E-state index in [0.29, 0.717) is 0 Å². The van der Waals surface area contributed by atoms with Gasteiger partial charge >= 0.3 is 0 Å². The number of rotatable bonds is 13. The summed E-state index contributed by atoms with van der Waals surface area (Å²) in [5.74, 6) is -1.19. The Morgan fingerprint density at radius 1 is 0.867 bits per heavy atom. The summed E-state index contributed by atoms with van der Waals surface area (Å²) in [6, 6.07) is 0. The van der Waals surface area contributed by atoms with E-state index in [2.05, 4.69) is 0 Å². The van der Waals surface area contributed by atoms with Gasteiger partial charge in [0, 0.05) is 31.5 Å². The number of aliphatic hydroxyl groups excluding tert-OH is 9. The first-order valence-corrected chi connectivity index (χ1v) is 10.3. The lowest BCUT2D eigenvalue weighted by atomic mass is 9.88. The third-order valence-electron chi connectivity index (χ3n) is 5.74. The molecule has 1 aliphatic heterocycles. The van der Waals surface area contributed by atoms with Gasteiger partial charge in [0.15, 0.2) is 6.29 Å². The van der Waals surface area contributed by atoms with Gasteiger partial charge in [-0.25, -0.2) is 0 Å². The molecule has 0 spiro atoms. The first-order valence-electron chi connectivity index (χ1n) is 10.3. The van der Waals surface area contributed by atoms with Gasteiger partial charge < -0.3 is 55.4 Å². The van der Waals surface area contributed by atoms with Gasteiger partial charge in [0.1, 0.15) is 24.4 Å². The lowest BCUT2D eigenvalue weighted by molar-refractivity contribution is -0.317. The maximum atomic E-state index is 10.5. The van der Waals surface area contributed by atoms with E-state index in [1.165, 1.54) is 0 Å². The topological polar surface area (TPSA) is 201 Å². The molecule has 1 saturated heterocycles. The first kappa shape index (κ1) is 27.6. The fourth-order valence-corrected chi connectivity index (χ4v) is 3.36. The van der Waals surface area contributed by atoms with Gasteiger partial charge in [-0.05, 0) is 12.8 Å². The van der Waals surface area contributed by atoms with Crippen molar-refractivity contribution in [3.05, 3.63) is 0 Å². The van der Waals surface area contributed by atoms with Crippen molar-refractivity contribution in [1.82, 2.24) is 0 Å². The van der Waals surface area contributed by atoms with Crippen molar-refractivity contribution in [2.24, 2.45) is 11.8 Å². The zero-order valence-electron chi connectivity index (χ0n) is 17.4. The van der Waals surface area contributed by atoms with E-state index in [0.717, 1.165) is 0 Å². The Morgan fingerprint density at radius 2 is 1.47 bits per heavy atom. The quantitative estimate of drug-likeness (QED) is 0.138. The number of hydrogen-bond donors (Lipinski definition) is 9. The molecule has 11 atom stereocenters. The summed E-state index contributed by atoms with van der Waals surface area (Å²) in [6.45, 7) is 2.05. The molecule has 0 saturated carbocycles. The maximum Gasteiger partial charge on any atom is 0.186 e. The molecule has 0 bridgehead atoms. The van der Waals surface area contributed by atoms with Crippen LogP contribution >= 0.6 is 0 Å². The molecule has 0 radical (unpaired) electrons. The molecule has 0 aliphatic carbocycles. The second kappa shape index (κ2) is 13.2. The third-order valence-corrected chi connectivity index (χ3v) is 5.74. The molecular formula is C19H38O11. The van der Waals surface area contributed by atoms with Crippen molar-refractivity contribution in [1.29, 1.82) is 0 Å². The molecule has 11 nitrogen and oxygen atoms in total. The Hall–Kier alpha value is -0.440. The Kier molecular flexibility index (Phi) is 12.1. The smallest absolute Gasteiger partial charge is 0.186 e. The summed E-state index contributed by atoms with van der Waals surface area (Å²) in [4.78, 5) is 0. The largest absolute Gasteiger partial charge is 0.396 e. The summed E-state index contributed by atoms with van der Waals surface area (Å²) < 4.78 is 11.0. The zero-order chi connectivity index (χ0) is 23.0. The Morgan fingerprint density at radius 3 is 2.00 bits per heavy atom. The SMILES string of the molecule is C[C@@H]([C@H](O)C[C@@H](O)CCO)[C@H](O)C[C@@H](O[C@@H]1O[C@H](CO)[C@@H](O)[C@H](O)[C@@H]1O)[C@H](C)CO.